The third-order valence-electron chi connectivity index (χ3n) is 5.40. The van der Waals surface area contributed by atoms with Gasteiger partial charge in [-0.1, -0.05) is 0 Å². The normalized spacial score (nSPS) is 24.5. The van der Waals surface area contributed by atoms with Crippen molar-refractivity contribution in [2.24, 2.45) is 16.8 Å². The molecule has 0 bridgehead atoms. The van der Waals surface area contributed by atoms with Gasteiger partial charge in [0, 0.05) is 24.0 Å². The molecule has 9 nitrogen and oxygen atoms in total. The molecule has 1 saturated heterocycles. The van der Waals surface area contributed by atoms with Crippen LogP contribution < -0.4 is 0 Å². The maximum absolute atomic E-state index is 12.9. The summed E-state index contributed by atoms with van der Waals surface area (Å²) in [5, 5.41) is 0. The zero-order valence-electron chi connectivity index (χ0n) is 17.5. The first-order valence-electron chi connectivity index (χ1n) is 9.61. The molecule has 1 fully saturated rings. The summed E-state index contributed by atoms with van der Waals surface area (Å²) in [5.41, 5.74) is 0.504. The van der Waals surface area contributed by atoms with Gasteiger partial charge in [0.25, 0.3) is 5.91 Å². The largest absolute Gasteiger partial charge is 0.468 e. The van der Waals surface area contributed by atoms with Gasteiger partial charge >= 0.3 is 17.9 Å². The van der Waals surface area contributed by atoms with Crippen LogP contribution in [-0.2, 0) is 33.4 Å². The van der Waals surface area contributed by atoms with Gasteiger partial charge in [0.2, 0.25) is 0 Å². The predicted octanol–water partition coefficient (Wildman–Crippen LogP) is 1.26. The van der Waals surface area contributed by atoms with Gasteiger partial charge in [-0.15, -0.1) is 0 Å². The van der Waals surface area contributed by atoms with Crippen molar-refractivity contribution in [1.82, 2.24) is 4.90 Å². The molecule has 0 N–H and O–H groups in total. The van der Waals surface area contributed by atoms with E-state index in [4.69, 9.17) is 14.2 Å². The maximum atomic E-state index is 12.9. The first-order chi connectivity index (χ1) is 13.7. The van der Waals surface area contributed by atoms with Crippen LogP contribution in [0.1, 0.15) is 40.0 Å². The lowest BCUT2D eigenvalue weighted by Gasteiger charge is -2.33. The summed E-state index contributed by atoms with van der Waals surface area (Å²) in [6.07, 6.45) is 2.86. The molecule has 2 heterocycles. The lowest BCUT2D eigenvalue weighted by atomic mass is 9.80. The number of ether oxygens (including phenoxy) is 3. The van der Waals surface area contributed by atoms with Crippen LogP contribution in [0.4, 0.5) is 0 Å². The molecule has 2 rings (SSSR count). The summed E-state index contributed by atoms with van der Waals surface area (Å²) in [6, 6.07) is 0.0783. The smallest absolute Gasteiger partial charge is 0.336 e. The second-order valence-electron chi connectivity index (χ2n) is 7.26. The van der Waals surface area contributed by atoms with E-state index in [1.807, 2.05) is 6.92 Å². The number of hydrogen-bond acceptors (Lipinski definition) is 8. The zero-order chi connectivity index (χ0) is 21.7. The number of carbonyl (C=O) groups excluding carboxylic acids is 4. The number of amides is 1. The number of allylic oxidation sites excluding steroid dienone is 1. The summed E-state index contributed by atoms with van der Waals surface area (Å²) in [4.78, 5) is 55.9. The Labute approximate surface area is 170 Å². The summed E-state index contributed by atoms with van der Waals surface area (Å²) < 4.78 is 14.8. The van der Waals surface area contributed by atoms with Crippen molar-refractivity contribution >= 4 is 29.5 Å². The van der Waals surface area contributed by atoms with Crippen molar-refractivity contribution in [2.45, 2.75) is 46.1 Å². The minimum absolute atomic E-state index is 0.0720. The van der Waals surface area contributed by atoms with Crippen LogP contribution >= 0.6 is 0 Å². The van der Waals surface area contributed by atoms with Gasteiger partial charge in [0.05, 0.1) is 19.8 Å². The molecule has 0 aliphatic carbocycles. The monoisotopic (exact) mass is 408 g/mol. The Bertz CT molecular complexity index is 756. The predicted molar refractivity (Wildman–Crippen MR) is 103 cm³/mol. The van der Waals surface area contributed by atoms with Gasteiger partial charge in [0.15, 0.2) is 6.61 Å². The molecule has 0 radical (unpaired) electrons. The molecule has 1 amide bonds. The molecule has 3 atom stereocenters. The average Bonchev–Trinajstić information content (AvgIpc) is 2.70. The Morgan fingerprint density at radius 1 is 1.03 bits per heavy atom. The van der Waals surface area contributed by atoms with Crippen LogP contribution in [0, 0.1) is 11.8 Å². The molecule has 29 heavy (non-hydrogen) atoms. The Kier molecular flexibility index (Phi) is 7.53. The average molecular weight is 408 g/mol. The second-order valence-corrected chi connectivity index (χ2v) is 7.26. The summed E-state index contributed by atoms with van der Waals surface area (Å²) in [6.45, 7) is 5.22. The number of piperidine rings is 1. The van der Waals surface area contributed by atoms with Gasteiger partial charge in [-0.2, -0.15) is 0 Å². The first kappa shape index (κ1) is 22.6. The van der Waals surface area contributed by atoms with Crippen LogP contribution in [0.15, 0.2) is 16.3 Å². The number of likely N-dealkylation sites (tertiary alicyclic amines) is 1. The molecule has 0 saturated carbocycles. The van der Waals surface area contributed by atoms with Gasteiger partial charge in [-0.05, 0) is 40.0 Å². The summed E-state index contributed by atoms with van der Waals surface area (Å²) in [5.74, 6) is -5.11. The number of rotatable bonds is 5. The van der Waals surface area contributed by atoms with E-state index in [0.717, 1.165) is 19.3 Å². The number of aliphatic imine (C=N–C) groups is 1. The van der Waals surface area contributed by atoms with Crippen LogP contribution in [0.5, 0.6) is 0 Å². The van der Waals surface area contributed by atoms with E-state index in [2.05, 4.69) is 4.99 Å². The number of carbonyl (C=O) groups is 4. The molecule has 0 spiro atoms. The Morgan fingerprint density at radius 2 is 1.72 bits per heavy atom. The highest BCUT2D eigenvalue weighted by molar-refractivity contribution is 6.10. The standard InChI is InChI=1S/C20H28N2O7/c1-11-8-6-7-9-22(11)14(23)10-29-20(26)17-15(18(24)27-4)12(2)21-13(3)16(17)19(25)28-5/h11,15,17H,6-10H2,1-5H3/t11-,15?,17+/m0/s1. The van der Waals surface area contributed by atoms with Gasteiger partial charge < -0.3 is 19.1 Å². The molecule has 0 aromatic heterocycles. The number of nitrogens with zero attached hydrogens (tertiary/aromatic N) is 2. The molecule has 0 aromatic rings. The highest BCUT2D eigenvalue weighted by Gasteiger charge is 2.46. The number of methoxy groups -OCH3 is 2. The number of hydrogen-bond donors (Lipinski definition) is 0. The van der Waals surface area contributed by atoms with E-state index in [-0.39, 0.29) is 23.2 Å². The molecule has 1 unspecified atom stereocenters. The Morgan fingerprint density at radius 3 is 2.31 bits per heavy atom. The first-order valence-corrected chi connectivity index (χ1v) is 9.61. The van der Waals surface area contributed by atoms with E-state index in [1.165, 1.54) is 14.2 Å². The van der Waals surface area contributed by atoms with Crippen molar-refractivity contribution in [3.63, 3.8) is 0 Å². The van der Waals surface area contributed by atoms with E-state index < -0.39 is 36.4 Å². The van der Waals surface area contributed by atoms with Crippen molar-refractivity contribution in [1.29, 1.82) is 0 Å². The summed E-state index contributed by atoms with van der Waals surface area (Å²) >= 11 is 0. The van der Waals surface area contributed by atoms with Crippen molar-refractivity contribution < 1.29 is 33.4 Å². The molecule has 2 aliphatic rings. The van der Waals surface area contributed by atoms with E-state index in [0.29, 0.717) is 12.3 Å². The molecular formula is C20H28N2O7. The topological polar surface area (TPSA) is 112 Å². The highest BCUT2D eigenvalue weighted by atomic mass is 16.5. The van der Waals surface area contributed by atoms with E-state index >= 15 is 0 Å². The quantitative estimate of drug-likeness (QED) is 0.497. The fourth-order valence-electron chi connectivity index (χ4n) is 3.87. The highest BCUT2D eigenvalue weighted by Crippen LogP contribution is 2.33. The van der Waals surface area contributed by atoms with Crippen molar-refractivity contribution in [3.05, 3.63) is 11.3 Å². The molecular weight excluding hydrogens is 380 g/mol. The third-order valence-corrected chi connectivity index (χ3v) is 5.40. The van der Waals surface area contributed by atoms with Crippen LogP contribution in [-0.4, -0.2) is 67.8 Å². The number of esters is 3. The zero-order valence-corrected chi connectivity index (χ0v) is 17.5. The molecule has 0 aromatic carbocycles. The second kappa shape index (κ2) is 9.67. The van der Waals surface area contributed by atoms with Gasteiger partial charge in [-0.25, -0.2) is 4.79 Å². The fraction of sp³-hybridized carbons (Fsp3) is 0.650. The fourth-order valence-corrected chi connectivity index (χ4v) is 3.87. The third kappa shape index (κ3) is 4.83. The van der Waals surface area contributed by atoms with E-state index in [9.17, 15) is 19.2 Å². The maximum Gasteiger partial charge on any atom is 0.336 e. The Balaban J connectivity index is 2.24. The van der Waals surface area contributed by atoms with Gasteiger partial charge in [-0.3, -0.25) is 19.4 Å². The Hall–Kier alpha value is -2.71. The van der Waals surface area contributed by atoms with Crippen molar-refractivity contribution in [2.75, 3.05) is 27.4 Å². The van der Waals surface area contributed by atoms with Crippen molar-refractivity contribution in [3.8, 4) is 0 Å². The molecule has 9 heteroatoms. The van der Waals surface area contributed by atoms with Crippen LogP contribution in [0.3, 0.4) is 0 Å². The lowest BCUT2D eigenvalue weighted by molar-refractivity contribution is -0.160. The molecule has 2 aliphatic heterocycles. The minimum atomic E-state index is -1.29. The minimum Gasteiger partial charge on any atom is -0.468 e. The SMILES string of the molecule is COC(=O)C1=C(C)N=C(C)C(C(=O)OC)[C@H]1C(=O)OCC(=O)N1CCCC[C@@H]1C. The van der Waals surface area contributed by atoms with Gasteiger partial charge in [0.1, 0.15) is 11.8 Å². The lowest BCUT2D eigenvalue weighted by Crippen LogP contribution is -2.46. The van der Waals surface area contributed by atoms with Crippen LogP contribution in [0.25, 0.3) is 0 Å². The summed E-state index contributed by atoms with van der Waals surface area (Å²) in [7, 11) is 2.35. The van der Waals surface area contributed by atoms with E-state index in [1.54, 1.807) is 18.7 Å². The van der Waals surface area contributed by atoms with Crippen LogP contribution in [0.2, 0.25) is 0 Å². The molecule has 160 valence electrons.